The second-order valence-electron chi connectivity index (χ2n) is 5.70. The molecule has 0 unspecified atom stereocenters. The number of piperidine rings is 1. The summed E-state index contributed by atoms with van der Waals surface area (Å²) in [7, 11) is 0. The average Bonchev–Trinajstić information content (AvgIpc) is 2.26. The topological polar surface area (TPSA) is 15.3 Å². The molecule has 1 rings (SSSR count). The van der Waals surface area contributed by atoms with Crippen molar-refractivity contribution < 1.29 is 13.2 Å². The number of hydrogen-bond acceptors (Lipinski definition) is 2. The van der Waals surface area contributed by atoms with E-state index in [1.54, 1.807) is 0 Å². The predicted molar refractivity (Wildman–Crippen MR) is 67.6 cm³/mol. The third-order valence-corrected chi connectivity index (χ3v) is 3.59. The van der Waals surface area contributed by atoms with Gasteiger partial charge in [0.05, 0.1) is 0 Å². The molecular weight excluding hydrogens is 241 g/mol. The molecule has 0 atom stereocenters. The minimum atomic E-state index is -4.15. The van der Waals surface area contributed by atoms with Crippen LogP contribution >= 0.6 is 0 Å². The van der Waals surface area contributed by atoms with Gasteiger partial charge >= 0.3 is 6.18 Å². The number of rotatable bonds is 5. The Kier molecular flexibility index (Phi) is 5.46. The second kappa shape index (κ2) is 6.24. The van der Waals surface area contributed by atoms with Crippen molar-refractivity contribution >= 4 is 0 Å². The van der Waals surface area contributed by atoms with E-state index in [1.807, 2.05) is 6.92 Å². The lowest BCUT2D eigenvalue weighted by Gasteiger charge is -2.44. The van der Waals surface area contributed by atoms with Gasteiger partial charge in [-0.3, -0.25) is 0 Å². The maximum Gasteiger partial charge on any atom is 0.406 e. The molecule has 0 spiro atoms. The fourth-order valence-corrected chi connectivity index (χ4v) is 2.56. The zero-order valence-corrected chi connectivity index (χ0v) is 11.6. The summed E-state index contributed by atoms with van der Waals surface area (Å²) in [6, 6.07) is 0. The molecule has 1 saturated heterocycles. The van der Waals surface area contributed by atoms with E-state index in [0.717, 1.165) is 13.0 Å². The van der Waals surface area contributed by atoms with Crippen molar-refractivity contribution in [3.8, 4) is 0 Å². The summed E-state index contributed by atoms with van der Waals surface area (Å²) in [6.07, 6.45) is -3.08. The summed E-state index contributed by atoms with van der Waals surface area (Å²) in [5.74, 6) is 0.506. The van der Waals surface area contributed by atoms with Gasteiger partial charge in [0.1, 0.15) is 5.54 Å². The minimum Gasteiger partial charge on any atom is -0.304 e. The molecule has 0 saturated carbocycles. The molecule has 1 aliphatic heterocycles. The second-order valence-corrected chi connectivity index (χ2v) is 5.70. The Morgan fingerprint density at radius 1 is 1.22 bits per heavy atom. The molecule has 1 N–H and O–H groups in total. The Morgan fingerprint density at radius 3 is 2.17 bits per heavy atom. The molecule has 0 aromatic rings. The molecule has 0 amide bonds. The zero-order valence-electron chi connectivity index (χ0n) is 11.6. The minimum absolute atomic E-state index is 0.170. The summed E-state index contributed by atoms with van der Waals surface area (Å²) in [5, 5.41) is 2.75. The largest absolute Gasteiger partial charge is 0.406 e. The van der Waals surface area contributed by atoms with Gasteiger partial charge in [-0.2, -0.15) is 13.2 Å². The van der Waals surface area contributed by atoms with E-state index < -0.39 is 11.7 Å². The Morgan fingerprint density at radius 2 is 1.78 bits per heavy atom. The number of nitrogens with zero attached hydrogens (tertiary/aromatic N) is 1. The van der Waals surface area contributed by atoms with Crippen molar-refractivity contribution in [3.05, 3.63) is 0 Å². The van der Waals surface area contributed by atoms with Crippen molar-refractivity contribution in [1.82, 2.24) is 10.2 Å². The van der Waals surface area contributed by atoms with Gasteiger partial charge in [0, 0.05) is 19.6 Å². The smallest absolute Gasteiger partial charge is 0.304 e. The molecule has 1 aliphatic rings. The standard InChI is InChI=1S/C13H25F3N2/c1-4-7-17-12(13(14,15)16)5-8-18(9-6-12)10-11(2)3/h11,17H,4-10H2,1-3H3. The van der Waals surface area contributed by atoms with E-state index in [1.165, 1.54) is 0 Å². The molecule has 108 valence electrons. The number of nitrogens with one attached hydrogen (secondary N) is 1. The van der Waals surface area contributed by atoms with Gasteiger partial charge in [0.2, 0.25) is 0 Å². The fourth-order valence-electron chi connectivity index (χ4n) is 2.56. The molecule has 5 heteroatoms. The van der Waals surface area contributed by atoms with Gasteiger partial charge in [0.15, 0.2) is 0 Å². The van der Waals surface area contributed by atoms with E-state index in [0.29, 0.717) is 25.6 Å². The molecule has 0 aromatic heterocycles. The molecule has 0 aromatic carbocycles. The van der Waals surface area contributed by atoms with Crippen molar-refractivity contribution in [2.24, 2.45) is 5.92 Å². The van der Waals surface area contributed by atoms with Crippen molar-refractivity contribution in [2.75, 3.05) is 26.2 Å². The average molecular weight is 266 g/mol. The summed E-state index contributed by atoms with van der Waals surface area (Å²) in [4.78, 5) is 2.14. The van der Waals surface area contributed by atoms with Crippen LogP contribution in [0.5, 0.6) is 0 Å². The van der Waals surface area contributed by atoms with Crippen LogP contribution in [-0.4, -0.2) is 42.8 Å². The molecular formula is C13H25F3N2. The van der Waals surface area contributed by atoms with Gasteiger partial charge in [0.25, 0.3) is 0 Å². The zero-order chi connectivity index (χ0) is 13.8. The lowest BCUT2D eigenvalue weighted by molar-refractivity contribution is -0.209. The Hall–Kier alpha value is -0.290. The summed E-state index contributed by atoms with van der Waals surface area (Å²) in [6.45, 7) is 8.49. The molecule has 1 heterocycles. The van der Waals surface area contributed by atoms with Gasteiger partial charge in [-0.1, -0.05) is 20.8 Å². The lowest BCUT2D eigenvalue weighted by Crippen LogP contribution is -2.62. The van der Waals surface area contributed by atoms with Crippen molar-refractivity contribution in [1.29, 1.82) is 0 Å². The molecule has 1 fully saturated rings. The van der Waals surface area contributed by atoms with E-state index in [4.69, 9.17) is 0 Å². The quantitative estimate of drug-likeness (QED) is 0.823. The van der Waals surface area contributed by atoms with Crippen LogP contribution in [0, 0.1) is 5.92 Å². The monoisotopic (exact) mass is 266 g/mol. The first kappa shape index (κ1) is 15.8. The molecule has 0 radical (unpaired) electrons. The van der Waals surface area contributed by atoms with E-state index in [2.05, 4.69) is 24.1 Å². The number of hydrogen-bond donors (Lipinski definition) is 1. The Labute approximate surface area is 108 Å². The highest BCUT2D eigenvalue weighted by molar-refractivity contribution is 4.99. The first-order valence-corrected chi connectivity index (χ1v) is 6.85. The maximum absolute atomic E-state index is 13.2. The summed E-state index contributed by atoms with van der Waals surface area (Å²) >= 11 is 0. The van der Waals surface area contributed by atoms with Crippen molar-refractivity contribution in [3.63, 3.8) is 0 Å². The fraction of sp³-hybridized carbons (Fsp3) is 1.00. The molecule has 2 nitrogen and oxygen atoms in total. The SMILES string of the molecule is CCCNC1(C(F)(F)F)CCN(CC(C)C)CC1. The third-order valence-electron chi connectivity index (χ3n) is 3.59. The van der Waals surface area contributed by atoms with Crippen molar-refractivity contribution in [2.45, 2.75) is 51.7 Å². The van der Waals surface area contributed by atoms with Crippen LogP contribution in [-0.2, 0) is 0 Å². The highest BCUT2D eigenvalue weighted by atomic mass is 19.4. The van der Waals surface area contributed by atoms with Crippen LogP contribution in [0.25, 0.3) is 0 Å². The summed E-state index contributed by atoms with van der Waals surface area (Å²) in [5.41, 5.74) is -1.66. The van der Waals surface area contributed by atoms with Crippen LogP contribution < -0.4 is 5.32 Å². The number of likely N-dealkylation sites (tertiary alicyclic amines) is 1. The van der Waals surface area contributed by atoms with Crippen LogP contribution in [0.2, 0.25) is 0 Å². The van der Waals surface area contributed by atoms with Crippen LogP contribution in [0.1, 0.15) is 40.0 Å². The number of alkyl halides is 3. The van der Waals surface area contributed by atoms with Crippen LogP contribution in [0.3, 0.4) is 0 Å². The van der Waals surface area contributed by atoms with E-state index in [9.17, 15) is 13.2 Å². The first-order valence-electron chi connectivity index (χ1n) is 6.85. The first-order chi connectivity index (χ1) is 8.31. The predicted octanol–water partition coefficient (Wildman–Crippen LogP) is 3.04. The number of halogens is 3. The Balaban J connectivity index is 2.62. The van der Waals surface area contributed by atoms with Gasteiger partial charge < -0.3 is 10.2 Å². The molecule has 0 bridgehead atoms. The van der Waals surface area contributed by atoms with Crippen LogP contribution in [0.4, 0.5) is 13.2 Å². The lowest BCUT2D eigenvalue weighted by atomic mass is 9.86. The highest BCUT2D eigenvalue weighted by Crippen LogP contribution is 2.38. The van der Waals surface area contributed by atoms with Gasteiger partial charge in [-0.15, -0.1) is 0 Å². The van der Waals surface area contributed by atoms with E-state index in [-0.39, 0.29) is 12.8 Å². The molecule has 18 heavy (non-hydrogen) atoms. The van der Waals surface area contributed by atoms with Gasteiger partial charge in [-0.25, -0.2) is 0 Å². The summed E-state index contributed by atoms with van der Waals surface area (Å²) < 4.78 is 39.7. The Bertz CT molecular complexity index is 243. The van der Waals surface area contributed by atoms with Crippen LogP contribution in [0.15, 0.2) is 0 Å². The molecule has 0 aliphatic carbocycles. The highest BCUT2D eigenvalue weighted by Gasteiger charge is 2.55. The van der Waals surface area contributed by atoms with Gasteiger partial charge in [-0.05, 0) is 31.7 Å². The maximum atomic E-state index is 13.2. The third kappa shape index (κ3) is 3.85. The van der Waals surface area contributed by atoms with E-state index >= 15 is 0 Å². The normalized spacial score (nSPS) is 21.5.